The van der Waals surface area contributed by atoms with E-state index in [9.17, 15) is 4.79 Å². The van der Waals surface area contributed by atoms with Crippen LogP contribution >= 0.6 is 0 Å². The van der Waals surface area contributed by atoms with Crippen LogP contribution in [0, 0.1) is 0 Å². The second-order valence-electron chi connectivity index (χ2n) is 4.95. The lowest BCUT2D eigenvalue weighted by Gasteiger charge is -2.10. The molecule has 1 N–H and O–H groups in total. The highest BCUT2D eigenvalue weighted by Crippen LogP contribution is 2.32. The third-order valence-electron chi connectivity index (χ3n) is 3.67. The fourth-order valence-electron chi connectivity index (χ4n) is 2.62. The molecule has 0 bridgehead atoms. The summed E-state index contributed by atoms with van der Waals surface area (Å²) >= 11 is 0. The predicted molar refractivity (Wildman–Crippen MR) is 73.0 cm³/mol. The molecule has 1 atom stereocenters. The van der Waals surface area contributed by atoms with E-state index in [1.165, 1.54) is 5.56 Å². The Labute approximate surface area is 117 Å². The number of aromatic nitrogens is 2. The molecule has 5 nitrogen and oxygen atoms in total. The van der Waals surface area contributed by atoms with Crippen molar-refractivity contribution >= 4 is 5.91 Å². The first-order valence-corrected chi connectivity index (χ1v) is 6.94. The molecule has 0 aliphatic heterocycles. The molecule has 20 heavy (non-hydrogen) atoms. The number of carbonyl (C=O) groups excluding carboxylic acids is 1. The van der Waals surface area contributed by atoms with E-state index in [-0.39, 0.29) is 11.8 Å². The summed E-state index contributed by atoms with van der Waals surface area (Å²) in [5, 5.41) is 10.7. The van der Waals surface area contributed by atoms with Crippen molar-refractivity contribution in [3.05, 3.63) is 47.2 Å². The molecule has 1 amide bonds. The highest BCUT2D eigenvalue weighted by atomic mass is 16.4. The molecule has 0 unspecified atom stereocenters. The van der Waals surface area contributed by atoms with Crippen molar-refractivity contribution in [1.29, 1.82) is 0 Å². The minimum Gasteiger partial charge on any atom is -0.423 e. The summed E-state index contributed by atoms with van der Waals surface area (Å²) in [6, 6.07) is 8.13. The fraction of sp³-hybridized carbons (Fsp3) is 0.400. The molecule has 1 aromatic carbocycles. The number of fused-ring (bicyclic) bond motifs is 1. The van der Waals surface area contributed by atoms with Gasteiger partial charge in [-0.25, -0.2) is 0 Å². The van der Waals surface area contributed by atoms with Crippen LogP contribution in [0.5, 0.6) is 0 Å². The average molecular weight is 271 g/mol. The molecule has 0 spiro atoms. The van der Waals surface area contributed by atoms with Gasteiger partial charge in [0.2, 0.25) is 17.7 Å². The molecule has 3 rings (SSSR count). The maximum Gasteiger partial charge on any atom is 0.235 e. The van der Waals surface area contributed by atoms with Gasteiger partial charge >= 0.3 is 0 Å². The van der Waals surface area contributed by atoms with Crippen LogP contribution in [0.3, 0.4) is 0 Å². The van der Waals surface area contributed by atoms with Crippen molar-refractivity contribution in [3.63, 3.8) is 0 Å². The molecule has 1 heterocycles. The minimum atomic E-state index is -0.0558. The molecule has 0 saturated heterocycles. The maximum atomic E-state index is 12.3. The molecular weight excluding hydrogens is 254 g/mol. The molecule has 0 radical (unpaired) electrons. The zero-order chi connectivity index (χ0) is 13.9. The zero-order valence-corrected chi connectivity index (χ0v) is 11.4. The number of hydrogen-bond donors (Lipinski definition) is 1. The summed E-state index contributed by atoms with van der Waals surface area (Å²) in [5.41, 5.74) is 2.42. The third-order valence-corrected chi connectivity index (χ3v) is 3.67. The van der Waals surface area contributed by atoms with Crippen LogP contribution in [0.2, 0.25) is 0 Å². The van der Waals surface area contributed by atoms with Crippen molar-refractivity contribution in [3.8, 4) is 0 Å². The third kappa shape index (κ3) is 2.43. The number of nitrogens with one attached hydrogen (secondary N) is 1. The van der Waals surface area contributed by atoms with Crippen LogP contribution in [0.4, 0.5) is 0 Å². The molecule has 1 aliphatic carbocycles. The first kappa shape index (κ1) is 12.8. The first-order valence-electron chi connectivity index (χ1n) is 6.94. The summed E-state index contributed by atoms with van der Waals surface area (Å²) in [7, 11) is 0. The van der Waals surface area contributed by atoms with Gasteiger partial charge in [-0.2, -0.15) is 0 Å². The van der Waals surface area contributed by atoms with Crippen molar-refractivity contribution in [2.24, 2.45) is 0 Å². The van der Waals surface area contributed by atoms with E-state index in [0.717, 1.165) is 18.4 Å². The maximum absolute atomic E-state index is 12.3. The SMILES string of the molecule is CCc1nnc(CNC(=O)[C@@H]2CCc3ccccc32)o1. The number of carbonyl (C=O) groups is 1. The summed E-state index contributed by atoms with van der Waals surface area (Å²) in [6.45, 7) is 2.25. The van der Waals surface area contributed by atoms with E-state index in [1.54, 1.807) is 0 Å². The molecule has 5 heteroatoms. The molecule has 0 fully saturated rings. The Kier molecular flexibility index (Phi) is 3.50. The van der Waals surface area contributed by atoms with Gasteiger partial charge in [-0.3, -0.25) is 4.79 Å². The van der Waals surface area contributed by atoms with Gasteiger partial charge in [-0.1, -0.05) is 31.2 Å². The Morgan fingerprint density at radius 3 is 2.95 bits per heavy atom. The van der Waals surface area contributed by atoms with Crippen molar-refractivity contribution in [1.82, 2.24) is 15.5 Å². The smallest absolute Gasteiger partial charge is 0.235 e. The number of benzene rings is 1. The summed E-state index contributed by atoms with van der Waals surface area (Å²) < 4.78 is 5.38. The zero-order valence-electron chi connectivity index (χ0n) is 11.4. The lowest BCUT2D eigenvalue weighted by molar-refractivity contribution is -0.122. The molecule has 2 aromatic rings. The Balaban J connectivity index is 1.63. The number of nitrogens with zero attached hydrogens (tertiary/aromatic N) is 2. The second kappa shape index (κ2) is 5.45. The fourth-order valence-corrected chi connectivity index (χ4v) is 2.62. The van der Waals surface area contributed by atoms with Gasteiger partial charge in [0.1, 0.15) is 0 Å². The summed E-state index contributed by atoms with van der Waals surface area (Å²) in [6.07, 6.45) is 2.54. The summed E-state index contributed by atoms with van der Waals surface area (Å²) in [5.74, 6) is 1.04. The quantitative estimate of drug-likeness (QED) is 0.923. The van der Waals surface area contributed by atoms with Gasteiger partial charge in [-0.05, 0) is 24.0 Å². The van der Waals surface area contributed by atoms with E-state index in [1.807, 2.05) is 25.1 Å². The number of hydrogen-bond acceptors (Lipinski definition) is 4. The second-order valence-corrected chi connectivity index (χ2v) is 4.95. The largest absolute Gasteiger partial charge is 0.423 e. The number of rotatable bonds is 4. The van der Waals surface area contributed by atoms with E-state index in [4.69, 9.17) is 4.42 Å². The van der Waals surface area contributed by atoms with Gasteiger partial charge in [0, 0.05) is 6.42 Å². The van der Waals surface area contributed by atoms with E-state index < -0.39 is 0 Å². The van der Waals surface area contributed by atoms with Crippen LogP contribution in [0.1, 0.15) is 42.2 Å². The van der Waals surface area contributed by atoms with Crippen LogP contribution < -0.4 is 5.32 Å². The Bertz CT molecular complexity index is 621. The molecular formula is C15H17N3O2. The lowest BCUT2D eigenvalue weighted by atomic mass is 10.0. The van der Waals surface area contributed by atoms with Gasteiger partial charge < -0.3 is 9.73 Å². The van der Waals surface area contributed by atoms with Crippen LogP contribution in [-0.2, 0) is 24.2 Å². The van der Waals surface area contributed by atoms with Crippen LogP contribution in [-0.4, -0.2) is 16.1 Å². The van der Waals surface area contributed by atoms with Gasteiger partial charge in [0.05, 0.1) is 12.5 Å². The van der Waals surface area contributed by atoms with Gasteiger partial charge in [0.15, 0.2) is 0 Å². The monoisotopic (exact) mass is 271 g/mol. The Hall–Kier alpha value is -2.17. The highest BCUT2D eigenvalue weighted by molar-refractivity contribution is 5.84. The minimum absolute atomic E-state index is 0.0335. The van der Waals surface area contributed by atoms with Gasteiger partial charge in [-0.15, -0.1) is 10.2 Å². The normalized spacial score (nSPS) is 16.9. The summed E-state index contributed by atoms with van der Waals surface area (Å²) in [4.78, 5) is 12.3. The first-order chi connectivity index (χ1) is 9.78. The average Bonchev–Trinajstić information content (AvgIpc) is 3.11. The van der Waals surface area contributed by atoms with Crippen LogP contribution in [0.15, 0.2) is 28.7 Å². The lowest BCUT2D eigenvalue weighted by Crippen LogP contribution is -2.28. The molecule has 1 aromatic heterocycles. The van der Waals surface area contributed by atoms with Crippen molar-refractivity contribution in [2.75, 3.05) is 0 Å². The van der Waals surface area contributed by atoms with Crippen molar-refractivity contribution < 1.29 is 9.21 Å². The van der Waals surface area contributed by atoms with Gasteiger partial charge in [0.25, 0.3) is 0 Å². The van der Waals surface area contributed by atoms with E-state index >= 15 is 0 Å². The molecule has 104 valence electrons. The Morgan fingerprint density at radius 1 is 1.35 bits per heavy atom. The predicted octanol–water partition coefficient (Wildman–Crippen LogP) is 1.98. The van der Waals surface area contributed by atoms with Crippen molar-refractivity contribution in [2.45, 2.75) is 38.6 Å². The molecule has 0 saturated carbocycles. The standard InChI is InChI=1S/C15H17N3O2/c1-2-13-17-18-14(20-13)9-16-15(19)12-8-7-10-5-3-4-6-11(10)12/h3-6,12H,2,7-9H2,1H3,(H,16,19)/t12-/m1/s1. The number of amides is 1. The van der Waals surface area contributed by atoms with E-state index in [2.05, 4.69) is 21.6 Å². The molecule has 1 aliphatic rings. The van der Waals surface area contributed by atoms with E-state index in [0.29, 0.717) is 24.7 Å². The van der Waals surface area contributed by atoms with Crippen LogP contribution in [0.25, 0.3) is 0 Å². The Morgan fingerprint density at radius 2 is 2.15 bits per heavy atom. The number of aryl methyl sites for hydroxylation is 2. The highest BCUT2D eigenvalue weighted by Gasteiger charge is 2.28. The topological polar surface area (TPSA) is 68.0 Å².